The number of hydrogen-bond donors (Lipinski definition) is 0. The third kappa shape index (κ3) is 3.58. The molecule has 1 rings (SSSR count). The second-order valence-corrected chi connectivity index (χ2v) is 3.39. The van der Waals surface area contributed by atoms with Crippen molar-refractivity contribution in [2.75, 3.05) is 20.6 Å². The quantitative estimate of drug-likeness (QED) is 0.625. The highest BCUT2D eigenvalue weighted by Gasteiger charge is 1.94. The largest absolute Gasteiger partial charge is 0.472 e. The molecule has 68 valence electrons. The smallest absolute Gasteiger partial charge is 0.0934 e. The van der Waals surface area contributed by atoms with E-state index in [1.807, 2.05) is 12.3 Å². The second kappa shape index (κ2) is 4.99. The standard InChI is InChI=1S/C10H17NO/c1-11(2)7-4-3-5-10-6-8-12-9-10/h6,8-9H,3-5,7H2,1-2H3. The predicted octanol–water partition coefficient (Wildman–Crippen LogP) is 2.16. The van der Waals surface area contributed by atoms with Crippen molar-refractivity contribution in [3.8, 4) is 0 Å². The van der Waals surface area contributed by atoms with Gasteiger partial charge in [-0.25, -0.2) is 0 Å². The van der Waals surface area contributed by atoms with Crippen LogP contribution in [-0.4, -0.2) is 25.5 Å². The van der Waals surface area contributed by atoms with Crippen LogP contribution in [0.5, 0.6) is 0 Å². The number of unbranched alkanes of at least 4 members (excludes halogenated alkanes) is 1. The third-order valence-corrected chi connectivity index (χ3v) is 1.90. The molecule has 12 heavy (non-hydrogen) atoms. The van der Waals surface area contributed by atoms with Crippen molar-refractivity contribution < 1.29 is 4.42 Å². The topological polar surface area (TPSA) is 16.4 Å². The lowest BCUT2D eigenvalue weighted by molar-refractivity contribution is 0.394. The summed E-state index contributed by atoms with van der Waals surface area (Å²) < 4.78 is 4.98. The van der Waals surface area contributed by atoms with Gasteiger partial charge in [0.05, 0.1) is 12.5 Å². The Kier molecular flexibility index (Phi) is 3.88. The monoisotopic (exact) mass is 167 g/mol. The van der Waals surface area contributed by atoms with Gasteiger partial charge in [-0.1, -0.05) is 0 Å². The molecule has 0 atom stereocenters. The van der Waals surface area contributed by atoms with Crippen molar-refractivity contribution in [3.63, 3.8) is 0 Å². The number of nitrogens with zero attached hydrogens (tertiary/aromatic N) is 1. The lowest BCUT2D eigenvalue weighted by Gasteiger charge is -2.07. The average Bonchev–Trinajstić information content (AvgIpc) is 2.49. The fourth-order valence-electron chi connectivity index (χ4n) is 1.19. The summed E-state index contributed by atoms with van der Waals surface area (Å²) in [4.78, 5) is 2.22. The van der Waals surface area contributed by atoms with Crippen LogP contribution in [0.15, 0.2) is 23.0 Å². The summed E-state index contributed by atoms with van der Waals surface area (Å²) in [5, 5.41) is 0. The van der Waals surface area contributed by atoms with Gasteiger partial charge in [0.25, 0.3) is 0 Å². The van der Waals surface area contributed by atoms with E-state index in [-0.39, 0.29) is 0 Å². The van der Waals surface area contributed by atoms with E-state index in [2.05, 4.69) is 19.0 Å². The van der Waals surface area contributed by atoms with Gasteiger partial charge in [-0.15, -0.1) is 0 Å². The first-order valence-corrected chi connectivity index (χ1v) is 4.45. The molecule has 0 N–H and O–H groups in total. The number of hydrogen-bond acceptors (Lipinski definition) is 2. The molecule has 0 spiro atoms. The predicted molar refractivity (Wildman–Crippen MR) is 50.2 cm³/mol. The molecule has 1 aromatic heterocycles. The Morgan fingerprint density at radius 2 is 2.17 bits per heavy atom. The summed E-state index contributed by atoms with van der Waals surface area (Å²) in [6.07, 6.45) is 7.22. The highest BCUT2D eigenvalue weighted by atomic mass is 16.3. The summed E-state index contributed by atoms with van der Waals surface area (Å²) in [5.41, 5.74) is 1.31. The van der Waals surface area contributed by atoms with E-state index >= 15 is 0 Å². The molecule has 0 aliphatic heterocycles. The summed E-state index contributed by atoms with van der Waals surface area (Å²) in [7, 11) is 4.22. The van der Waals surface area contributed by atoms with Crippen LogP contribution >= 0.6 is 0 Å². The van der Waals surface area contributed by atoms with E-state index < -0.39 is 0 Å². The van der Waals surface area contributed by atoms with Crippen LogP contribution in [0.2, 0.25) is 0 Å². The normalized spacial score (nSPS) is 10.9. The highest BCUT2D eigenvalue weighted by Crippen LogP contribution is 2.05. The van der Waals surface area contributed by atoms with Gasteiger partial charge < -0.3 is 9.32 Å². The fourth-order valence-corrected chi connectivity index (χ4v) is 1.19. The SMILES string of the molecule is CN(C)CCCCc1ccoc1. The first-order valence-electron chi connectivity index (χ1n) is 4.45. The zero-order valence-corrected chi connectivity index (χ0v) is 7.92. The van der Waals surface area contributed by atoms with Gasteiger partial charge >= 0.3 is 0 Å². The van der Waals surface area contributed by atoms with Gasteiger partial charge in [-0.3, -0.25) is 0 Å². The molecular weight excluding hydrogens is 150 g/mol. The lowest BCUT2D eigenvalue weighted by atomic mass is 10.1. The Labute approximate surface area is 74.2 Å². The van der Waals surface area contributed by atoms with Crippen molar-refractivity contribution in [2.24, 2.45) is 0 Å². The lowest BCUT2D eigenvalue weighted by Crippen LogP contribution is -2.12. The van der Waals surface area contributed by atoms with Crippen LogP contribution in [-0.2, 0) is 6.42 Å². The first kappa shape index (κ1) is 9.33. The Morgan fingerprint density at radius 3 is 2.75 bits per heavy atom. The van der Waals surface area contributed by atoms with Crippen molar-refractivity contribution in [3.05, 3.63) is 24.2 Å². The zero-order valence-electron chi connectivity index (χ0n) is 7.92. The summed E-state index contributed by atoms with van der Waals surface area (Å²) >= 11 is 0. The van der Waals surface area contributed by atoms with E-state index in [1.165, 1.54) is 24.9 Å². The van der Waals surface area contributed by atoms with Gasteiger partial charge in [-0.2, -0.15) is 0 Å². The maximum Gasteiger partial charge on any atom is 0.0934 e. The van der Waals surface area contributed by atoms with Crippen molar-refractivity contribution in [1.29, 1.82) is 0 Å². The Bertz CT molecular complexity index is 192. The average molecular weight is 167 g/mol. The molecule has 2 heteroatoms. The van der Waals surface area contributed by atoms with Gasteiger partial charge in [-0.05, 0) is 51.5 Å². The molecule has 0 fully saturated rings. The van der Waals surface area contributed by atoms with Gasteiger partial charge in [0, 0.05) is 0 Å². The number of furan rings is 1. The molecule has 1 aromatic rings. The van der Waals surface area contributed by atoms with Crippen LogP contribution in [0.4, 0.5) is 0 Å². The molecule has 0 aliphatic carbocycles. The van der Waals surface area contributed by atoms with E-state index in [9.17, 15) is 0 Å². The summed E-state index contributed by atoms with van der Waals surface area (Å²) in [6, 6.07) is 2.04. The maximum absolute atomic E-state index is 4.98. The molecular formula is C10H17NO. The van der Waals surface area contributed by atoms with Crippen LogP contribution in [0.3, 0.4) is 0 Å². The van der Waals surface area contributed by atoms with E-state index in [0.717, 1.165) is 6.42 Å². The maximum atomic E-state index is 4.98. The molecule has 0 bridgehead atoms. The van der Waals surface area contributed by atoms with Crippen molar-refractivity contribution in [2.45, 2.75) is 19.3 Å². The minimum absolute atomic E-state index is 1.14. The van der Waals surface area contributed by atoms with Crippen LogP contribution in [0.1, 0.15) is 18.4 Å². The molecule has 0 saturated heterocycles. The van der Waals surface area contributed by atoms with E-state index in [0.29, 0.717) is 0 Å². The van der Waals surface area contributed by atoms with Crippen molar-refractivity contribution in [1.82, 2.24) is 4.90 Å². The molecule has 0 amide bonds. The van der Waals surface area contributed by atoms with Crippen LogP contribution < -0.4 is 0 Å². The van der Waals surface area contributed by atoms with Crippen LogP contribution in [0, 0.1) is 0 Å². The Morgan fingerprint density at radius 1 is 1.33 bits per heavy atom. The minimum Gasteiger partial charge on any atom is -0.472 e. The highest BCUT2D eigenvalue weighted by molar-refractivity contribution is 5.04. The van der Waals surface area contributed by atoms with Gasteiger partial charge in [0.2, 0.25) is 0 Å². The fraction of sp³-hybridized carbons (Fsp3) is 0.600. The van der Waals surface area contributed by atoms with E-state index in [4.69, 9.17) is 4.42 Å². The summed E-state index contributed by atoms with van der Waals surface area (Å²) in [5.74, 6) is 0. The second-order valence-electron chi connectivity index (χ2n) is 3.39. The van der Waals surface area contributed by atoms with E-state index in [1.54, 1.807) is 6.26 Å². The van der Waals surface area contributed by atoms with Crippen molar-refractivity contribution >= 4 is 0 Å². The van der Waals surface area contributed by atoms with Crippen LogP contribution in [0.25, 0.3) is 0 Å². The number of rotatable bonds is 5. The molecule has 0 aromatic carbocycles. The summed E-state index contributed by atoms with van der Waals surface area (Å²) in [6.45, 7) is 1.18. The Hall–Kier alpha value is -0.760. The third-order valence-electron chi connectivity index (χ3n) is 1.90. The molecule has 2 nitrogen and oxygen atoms in total. The number of aryl methyl sites for hydroxylation is 1. The van der Waals surface area contributed by atoms with Gasteiger partial charge in [0.1, 0.15) is 0 Å². The molecule has 0 unspecified atom stereocenters. The molecule has 0 radical (unpaired) electrons. The first-order chi connectivity index (χ1) is 5.79. The Balaban J connectivity index is 2.04. The van der Waals surface area contributed by atoms with Gasteiger partial charge in [0.15, 0.2) is 0 Å². The minimum atomic E-state index is 1.14. The molecule has 0 aliphatic rings. The molecule has 0 saturated carbocycles. The molecule has 1 heterocycles. The zero-order chi connectivity index (χ0) is 8.81.